The molecule has 2 atom stereocenters. The summed E-state index contributed by atoms with van der Waals surface area (Å²) in [7, 11) is 2.63. The van der Waals surface area contributed by atoms with Crippen LogP contribution in [-0.4, -0.2) is 41.3 Å². The molecule has 9 heteroatoms. The lowest BCUT2D eigenvalue weighted by atomic mass is 10.2. The maximum atomic E-state index is 11.6. The Hall–Kier alpha value is -0.930. The van der Waals surface area contributed by atoms with Crippen molar-refractivity contribution in [3.05, 3.63) is 0 Å². The summed E-state index contributed by atoms with van der Waals surface area (Å²) in [4.78, 5) is 33.7. The van der Waals surface area contributed by atoms with Crippen molar-refractivity contribution in [1.29, 1.82) is 0 Å². The summed E-state index contributed by atoms with van der Waals surface area (Å²) in [5.74, 6) is -0.655. The molecule has 0 aromatic rings. The lowest BCUT2D eigenvalue weighted by molar-refractivity contribution is -0.126. The highest BCUT2D eigenvalue weighted by Gasteiger charge is 2.18. The van der Waals surface area contributed by atoms with Gasteiger partial charge in [0.05, 0.1) is 6.04 Å². The monoisotopic (exact) mass is 336 g/mol. The van der Waals surface area contributed by atoms with Crippen molar-refractivity contribution < 1.29 is 14.4 Å². The van der Waals surface area contributed by atoms with Crippen LogP contribution in [0.15, 0.2) is 0 Å². The van der Waals surface area contributed by atoms with Crippen molar-refractivity contribution in [1.82, 2.24) is 5.32 Å². The van der Waals surface area contributed by atoms with Crippen LogP contribution in [0.25, 0.3) is 0 Å². The fourth-order valence-corrected chi connectivity index (χ4v) is 3.63. The summed E-state index contributed by atoms with van der Waals surface area (Å²) in [6.45, 7) is 2.05. The first kappa shape index (κ1) is 20.1. The second-order valence-electron chi connectivity index (χ2n) is 4.56. The molecule has 0 bridgehead atoms. The van der Waals surface area contributed by atoms with E-state index in [-0.39, 0.29) is 5.91 Å². The number of carbonyl (C=O) groups excluding carboxylic acids is 3. The normalized spacial score (nSPS) is 13.4. The average molecular weight is 336 g/mol. The van der Waals surface area contributed by atoms with E-state index in [0.29, 0.717) is 17.9 Å². The number of primary amides is 2. The first-order chi connectivity index (χ1) is 9.88. The van der Waals surface area contributed by atoms with Gasteiger partial charge in [0, 0.05) is 17.9 Å². The summed E-state index contributed by atoms with van der Waals surface area (Å²) in [5, 5.41) is 2.62. The summed E-state index contributed by atoms with van der Waals surface area (Å²) in [6.07, 6.45) is 3.19. The molecule has 0 heterocycles. The maximum Gasteiger partial charge on any atom is 0.240 e. The molecule has 21 heavy (non-hydrogen) atoms. The van der Waals surface area contributed by atoms with Crippen LogP contribution in [-0.2, 0) is 14.4 Å². The van der Waals surface area contributed by atoms with Gasteiger partial charge in [-0.1, -0.05) is 41.4 Å². The van der Waals surface area contributed by atoms with Crippen LogP contribution in [0, 0.1) is 0 Å². The fraction of sp³-hybridized carbons (Fsp3) is 0.750. The zero-order valence-electron chi connectivity index (χ0n) is 12.2. The minimum Gasteiger partial charge on any atom is -0.368 e. The lowest BCUT2D eigenvalue weighted by Crippen LogP contribution is -2.46. The molecule has 122 valence electrons. The van der Waals surface area contributed by atoms with Gasteiger partial charge in [0.15, 0.2) is 0 Å². The molecule has 3 amide bonds. The molecule has 0 radical (unpaired) electrons. The van der Waals surface area contributed by atoms with Crippen LogP contribution in [0.3, 0.4) is 0 Å². The highest BCUT2D eigenvalue weighted by atomic mass is 33.1. The summed E-state index contributed by atoms with van der Waals surface area (Å²) in [5.41, 5.74) is 15.8. The third-order valence-corrected chi connectivity index (χ3v) is 5.06. The number of amides is 3. The second kappa shape index (κ2) is 11.7. The van der Waals surface area contributed by atoms with E-state index in [0.717, 1.165) is 19.3 Å². The van der Waals surface area contributed by atoms with Crippen LogP contribution in [0.1, 0.15) is 32.6 Å². The van der Waals surface area contributed by atoms with E-state index in [1.165, 1.54) is 21.6 Å². The number of hydrogen-bond acceptors (Lipinski definition) is 6. The summed E-state index contributed by atoms with van der Waals surface area (Å²) < 4.78 is 0. The largest absolute Gasteiger partial charge is 0.368 e. The van der Waals surface area contributed by atoms with Crippen molar-refractivity contribution in [2.45, 2.75) is 44.7 Å². The molecule has 0 saturated carbocycles. The van der Waals surface area contributed by atoms with Gasteiger partial charge in [0.2, 0.25) is 17.7 Å². The predicted molar refractivity (Wildman–Crippen MR) is 87.4 cm³/mol. The van der Waals surface area contributed by atoms with Gasteiger partial charge in [-0.15, -0.1) is 0 Å². The molecule has 0 aliphatic rings. The van der Waals surface area contributed by atoms with E-state index >= 15 is 0 Å². The maximum absolute atomic E-state index is 11.6. The van der Waals surface area contributed by atoms with Gasteiger partial charge in [-0.25, -0.2) is 0 Å². The van der Waals surface area contributed by atoms with Crippen LogP contribution < -0.4 is 22.5 Å². The fourth-order valence-electron chi connectivity index (χ4n) is 1.32. The molecule has 0 aliphatic heterocycles. The van der Waals surface area contributed by atoms with Gasteiger partial charge in [-0.3, -0.25) is 14.4 Å². The van der Waals surface area contributed by atoms with Gasteiger partial charge in [0.25, 0.3) is 0 Å². The molecule has 0 aromatic heterocycles. The molecule has 7 N–H and O–H groups in total. The number of hydrogen-bond donors (Lipinski definition) is 4. The number of carbonyl (C=O) groups is 3. The number of unbranched alkanes of at least 4 members (excludes halogenated alkanes) is 2. The molecule has 0 rings (SSSR count). The highest BCUT2D eigenvalue weighted by molar-refractivity contribution is 8.76. The van der Waals surface area contributed by atoms with Crippen LogP contribution in [0.2, 0.25) is 0 Å². The quantitative estimate of drug-likeness (QED) is 0.285. The third kappa shape index (κ3) is 10.4. The zero-order valence-corrected chi connectivity index (χ0v) is 13.8. The summed E-state index contributed by atoms with van der Waals surface area (Å²) >= 11 is 0. The summed E-state index contributed by atoms with van der Waals surface area (Å²) in [6, 6.07) is -1.44. The molecule has 1 unspecified atom stereocenters. The van der Waals surface area contributed by atoms with E-state index in [1.54, 1.807) is 0 Å². The van der Waals surface area contributed by atoms with Gasteiger partial charge in [-0.2, -0.15) is 0 Å². The van der Waals surface area contributed by atoms with E-state index in [1.807, 2.05) is 0 Å². The molecule has 0 fully saturated rings. The lowest BCUT2D eigenvalue weighted by Gasteiger charge is -2.15. The molecule has 0 aliphatic carbocycles. The van der Waals surface area contributed by atoms with Crippen molar-refractivity contribution >= 4 is 39.3 Å². The Bertz CT molecular complexity index is 355. The van der Waals surface area contributed by atoms with Crippen molar-refractivity contribution in [2.24, 2.45) is 17.2 Å². The van der Waals surface area contributed by atoms with Crippen LogP contribution >= 0.6 is 21.6 Å². The topological polar surface area (TPSA) is 141 Å². The van der Waals surface area contributed by atoms with Crippen molar-refractivity contribution in [3.8, 4) is 0 Å². The highest BCUT2D eigenvalue weighted by Crippen LogP contribution is 2.22. The first-order valence-corrected chi connectivity index (χ1v) is 9.25. The minimum atomic E-state index is -0.724. The Labute approximate surface area is 132 Å². The molecule has 0 spiro atoms. The first-order valence-electron chi connectivity index (χ1n) is 6.76. The molecule has 7 nitrogen and oxygen atoms in total. The van der Waals surface area contributed by atoms with Crippen molar-refractivity contribution in [2.75, 3.05) is 11.5 Å². The third-order valence-electron chi connectivity index (χ3n) is 2.62. The van der Waals surface area contributed by atoms with E-state index in [9.17, 15) is 14.4 Å². The van der Waals surface area contributed by atoms with Crippen LogP contribution in [0.4, 0.5) is 0 Å². The Morgan fingerprint density at radius 3 is 2.19 bits per heavy atom. The smallest absolute Gasteiger partial charge is 0.240 e. The van der Waals surface area contributed by atoms with E-state index < -0.39 is 23.9 Å². The molecule has 0 saturated heterocycles. The van der Waals surface area contributed by atoms with E-state index in [2.05, 4.69) is 12.2 Å². The Kier molecular flexibility index (Phi) is 11.2. The van der Waals surface area contributed by atoms with E-state index in [4.69, 9.17) is 17.2 Å². The molecule has 0 aromatic carbocycles. The van der Waals surface area contributed by atoms with Crippen LogP contribution in [0.5, 0.6) is 0 Å². The number of nitrogens with one attached hydrogen (secondary N) is 1. The molecular weight excluding hydrogens is 312 g/mol. The zero-order chi connectivity index (χ0) is 16.3. The van der Waals surface area contributed by atoms with Crippen molar-refractivity contribution in [3.63, 3.8) is 0 Å². The van der Waals surface area contributed by atoms with Gasteiger partial charge in [-0.05, 0) is 6.42 Å². The Balaban J connectivity index is 4.00. The Morgan fingerprint density at radius 2 is 1.67 bits per heavy atom. The Morgan fingerprint density at radius 1 is 1.05 bits per heavy atom. The van der Waals surface area contributed by atoms with Gasteiger partial charge in [0.1, 0.15) is 6.04 Å². The van der Waals surface area contributed by atoms with Gasteiger partial charge >= 0.3 is 0 Å². The predicted octanol–water partition coefficient (Wildman–Crippen LogP) is -0.269. The minimum absolute atomic E-state index is 0.174. The molecular formula is C12H24N4O3S2. The standard InChI is InChI=1S/C12H24N4O3S2/c1-2-3-4-5-10(17)16-9(12(15)19)7-21-20-6-8(13)11(14)18/h8-9H,2-7,13H2,1H3,(H2,14,18)(H2,15,19)(H,16,17)/t8?,9-/m0/s1. The second-order valence-corrected chi connectivity index (χ2v) is 7.11. The van der Waals surface area contributed by atoms with Gasteiger partial charge < -0.3 is 22.5 Å². The number of nitrogens with two attached hydrogens (primary N) is 3. The number of rotatable bonds is 12. The SMILES string of the molecule is CCCCCC(=O)N[C@@H](CSSCC(N)C(N)=O)C(N)=O. The average Bonchev–Trinajstić information content (AvgIpc) is 2.41.